The van der Waals surface area contributed by atoms with E-state index in [1.165, 1.54) is 0 Å². The molecule has 6 heteroatoms. The second-order valence-electron chi connectivity index (χ2n) is 8.18. The van der Waals surface area contributed by atoms with Crippen molar-refractivity contribution in [2.45, 2.75) is 25.3 Å². The van der Waals surface area contributed by atoms with E-state index in [2.05, 4.69) is 6.07 Å². The zero-order valence-corrected chi connectivity index (χ0v) is 18.5. The fourth-order valence-corrected chi connectivity index (χ4v) is 4.20. The van der Waals surface area contributed by atoms with Gasteiger partial charge in [-0.3, -0.25) is 9.59 Å². The molecule has 1 atom stereocenters. The molecule has 0 spiro atoms. The SMILES string of the molecule is COc1ccc(C(=O)N2CCC[C@@H](c3cccc(C(=O)N(C)Cc4ccco4)c3)C2)cc1. The Bertz CT molecular complexity index is 1060. The molecule has 0 aliphatic carbocycles. The largest absolute Gasteiger partial charge is 0.497 e. The number of hydrogen-bond donors (Lipinski definition) is 0. The van der Waals surface area contributed by atoms with Crippen LogP contribution in [0.2, 0.25) is 0 Å². The lowest BCUT2D eigenvalue weighted by molar-refractivity contribution is 0.0705. The maximum Gasteiger partial charge on any atom is 0.254 e. The van der Waals surface area contributed by atoms with Crippen molar-refractivity contribution in [3.63, 3.8) is 0 Å². The van der Waals surface area contributed by atoms with E-state index >= 15 is 0 Å². The number of carbonyl (C=O) groups is 2. The average Bonchev–Trinajstić information content (AvgIpc) is 3.36. The van der Waals surface area contributed by atoms with Crippen LogP contribution in [0, 0.1) is 0 Å². The smallest absolute Gasteiger partial charge is 0.254 e. The van der Waals surface area contributed by atoms with Crippen molar-refractivity contribution in [2.24, 2.45) is 0 Å². The van der Waals surface area contributed by atoms with Crippen molar-refractivity contribution in [1.82, 2.24) is 9.80 Å². The molecule has 0 unspecified atom stereocenters. The summed E-state index contributed by atoms with van der Waals surface area (Å²) in [5.41, 5.74) is 2.40. The number of furan rings is 1. The molecule has 1 saturated heterocycles. The highest BCUT2D eigenvalue weighted by atomic mass is 16.5. The summed E-state index contributed by atoms with van der Waals surface area (Å²) in [5, 5.41) is 0. The highest BCUT2D eigenvalue weighted by Crippen LogP contribution is 2.29. The lowest BCUT2D eigenvalue weighted by atomic mass is 9.89. The molecule has 2 amide bonds. The molecule has 0 bridgehead atoms. The fraction of sp³-hybridized carbons (Fsp3) is 0.308. The summed E-state index contributed by atoms with van der Waals surface area (Å²) >= 11 is 0. The molecule has 0 radical (unpaired) electrons. The van der Waals surface area contributed by atoms with Gasteiger partial charge in [0.2, 0.25) is 0 Å². The zero-order chi connectivity index (χ0) is 22.5. The van der Waals surface area contributed by atoms with Gasteiger partial charge in [-0.05, 0) is 66.9 Å². The number of ether oxygens (including phenoxy) is 1. The van der Waals surface area contributed by atoms with Crippen molar-refractivity contribution >= 4 is 11.8 Å². The summed E-state index contributed by atoms with van der Waals surface area (Å²) < 4.78 is 10.5. The molecule has 4 rings (SSSR count). The van der Waals surface area contributed by atoms with Gasteiger partial charge in [0.15, 0.2) is 0 Å². The molecule has 1 fully saturated rings. The third-order valence-corrected chi connectivity index (χ3v) is 5.97. The predicted octanol–water partition coefficient (Wildman–Crippen LogP) is 4.58. The minimum atomic E-state index is -0.0507. The first-order valence-corrected chi connectivity index (χ1v) is 10.9. The molecule has 2 aromatic carbocycles. The Balaban J connectivity index is 1.45. The monoisotopic (exact) mass is 432 g/mol. The van der Waals surface area contributed by atoms with Crippen LogP contribution < -0.4 is 4.74 Å². The van der Waals surface area contributed by atoms with Gasteiger partial charge < -0.3 is 19.0 Å². The highest BCUT2D eigenvalue weighted by Gasteiger charge is 2.26. The van der Waals surface area contributed by atoms with Crippen LogP contribution in [-0.4, -0.2) is 48.9 Å². The molecule has 1 aliphatic rings. The van der Waals surface area contributed by atoms with Crippen LogP contribution in [0.5, 0.6) is 5.75 Å². The third-order valence-electron chi connectivity index (χ3n) is 5.97. The van der Waals surface area contributed by atoms with Crippen LogP contribution in [0.1, 0.15) is 50.8 Å². The van der Waals surface area contributed by atoms with E-state index < -0.39 is 0 Å². The summed E-state index contributed by atoms with van der Waals surface area (Å²) in [6.07, 6.45) is 3.53. The van der Waals surface area contributed by atoms with E-state index in [1.807, 2.05) is 47.4 Å². The molecule has 2 heterocycles. The molecule has 3 aromatic rings. The van der Waals surface area contributed by atoms with E-state index in [-0.39, 0.29) is 17.7 Å². The summed E-state index contributed by atoms with van der Waals surface area (Å²) in [6.45, 7) is 1.81. The van der Waals surface area contributed by atoms with E-state index in [0.717, 1.165) is 36.5 Å². The Morgan fingerprint density at radius 2 is 1.91 bits per heavy atom. The second kappa shape index (κ2) is 9.73. The van der Waals surface area contributed by atoms with Crippen molar-refractivity contribution in [1.29, 1.82) is 0 Å². The molecule has 0 N–H and O–H groups in total. The van der Waals surface area contributed by atoms with E-state index in [9.17, 15) is 9.59 Å². The number of rotatable bonds is 6. The highest BCUT2D eigenvalue weighted by molar-refractivity contribution is 5.95. The molecule has 0 saturated carbocycles. The first-order chi connectivity index (χ1) is 15.5. The molecule has 1 aromatic heterocycles. The van der Waals surface area contributed by atoms with Crippen LogP contribution in [0.15, 0.2) is 71.3 Å². The van der Waals surface area contributed by atoms with Gasteiger partial charge in [0.1, 0.15) is 11.5 Å². The number of methoxy groups -OCH3 is 1. The Morgan fingerprint density at radius 1 is 1.09 bits per heavy atom. The van der Waals surface area contributed by atoms with Crippen molar-refractivity contribution in [3.8, 4) is 5.75 Å². The lowest BCUT2D eigenvalue weighted by Crippen LogP contribution is -2.39. The van der Waals surface area contributed by atoms with E-state index in [1.54, 1.807) is 37.5 Å². The van der Waals surface area contributed by atoms with Crippen LogP contribution in [-0.2, 0) is 6.54 Å². The van der Waals surface area contributed by atoms with Crippen LogP contribution in [0.4, 0.5) is 0 Å². The van der Waals surface area contributed by atoms with Gasteiger partial charge in [-0.1, -0.05) is 12.1 Å². The number of likely N-dealkylation sites (tertiary alicyclic amines) is 1. The summed E-state index contributed by atoms with van der Waals surface area (Å²) in [5.74, 6) is 1.66. The summed E-state index contributed by atoms with van der Waals surface area (Å²) in [6, 6.07) is 18.7. The first kappa shape index (κ1) is 21.7. The maximum atomic E-state index is 13.0. The number of piperidine rings is 1. The van der Waals surface area contributed by atoms with E-state index in [4.69, 9.17) is 9.15 Å². The standard InChI is InChI=1S/C26H28N2O4/c1-27(18-24-9-5-15-32-24)25(29)21-7-3-6-20(16-21)22-8-4-14-28(17-22)26(30)19-10-12-23(31-2)13-11-19/h3,5-7,9-13,15-16,22H,4,8,14,17-18H2,1-2H3/t22-/m1/s1. The summed E-state index contributed by atoms with van der Waals surface area (Å²) in [4.78, 5) is 29.5. The topological polar surface area (TPSA) is 63.0 Å². The molecule has 6 nitrogen and oxygen atoms in total. The van der Waals surface area contributed by atoms with Gasteiger partial charge in [-0.25, -0.2) is 0 Å². The zero-order valence-electron chi connectivity index (χ0n) is 18.5. The van der Waals surface area contributed by atoms with Crippen molar-refractivity contribution in [3.05, 3.63) is 89.4 Å². The fourth-order valence-electron chi connectivity index (χ4n) is 4.20. The van der Waals surface area contributed by atoms with Crippen LogP contribution in [0.3, 0.4) is 0 Å². The van der Waals surface area contributed by atoms with Crippen molar-refractivity contribution in [2.75, 3.05) is 27.2 Å². The first-order valence-electron chi connectivity index (χ1n) is 10.9. The van der Waals surface area contributed by atoms with Gasteiger partial charge >= 0.3 is 0 Å². The lowest BCUT2D eigenvalue weighted by Gasteiger charge is -2.33. The van der Waals surface area contributed by atoms with Crippen LogP contribution in [0.25, 0.3) is 0 Å². The minimum absolute atomic E-state index is 0.0303. The Hall–Kier alpha value is -3.54. The second-order valence-corrected chi connectivity index (χ2v) is 8.18. The minimum Gasteiger partial charge on any atom is -0.497 e. The number of nitrogens with zero attached hydrogens (tertiary/aromatic N) is 2. The number of hydrogen-bond acceptors (Lipinski definition) is 4. The number of amides is 2. The molecular formula is C26H28N2O4. The Morgan fingerprint density at radius 3 is 2.62 bits per heavy atom. The molecule has 166 valence electrons. The number of carbonyl (C=O) groups excluding carboxylic acids is 2. The quantitative estimate of drug-likeness (QED) is 0.572. The molecule has 1 aliphatic heterocycles. The van der Waals surface area contributed by atoms with Gasteiger partial charge in [0.25, 0.3) is 11.8 Å². The van der Waals surface area contributed by atoms with Crippen LogP contribution >= 0.6 is 0 Å². The van der Waals surface area contributed by atoms with E-state index in [0.29, 0.717) is 24.2 Å². The van der Waals surface area contributed by atoms with Gasteiger partial charge in [-0.2, -0.15) is 0 Å². The normalized spacial score (nSPS) is 15.9. The van der Waals surface area contributed by atoms with Crippen molar-refractivity contribution < 1.29 is 18.7 Å². The Kier molecular flexibility index (Phi) is 6.59. The van der Waals surface area contributed by atoms with Gasteiger partial charge in [0.05, 0.1) is 19.9 Å². The number of benzene rings is 2. The molecule has 32 heavy (non-hydrogen) atoms. The molecular weight excluding hydrogens is 404 g/mol. The predicted molar refractivity (Wildman–Crippen MR) is 122 cm³/mol. The maximum absolute atomic E-state index is 13.0. The van der Waals surface area contributed by atoms with Gasteiger partial charge in [0, 0.05) is 37.2 Å². The van der Waals surface area contributed by atoms with Gasteiger partial charge in [-0.15, -0.1) is 0 Å². The Labute approximate surface area is 188 Å². The third kappa shape index (κ3) is 4.85. The summed E-state index contributed by atoms with van der Waals surface area (Å²) in [7, 11) is 3.38. The average molecular weight is 433 g/mol.